The summed E-state index contributed by atoms with van der Waals surface area (Å²) in [4.78, 5) is 0.0646. The number of H-pyrrole nitrogens is 1. The molecule has 0 fully saturated rings. The van der Waals surface area contributed by atoms with Crippen molar-refractivity contribution in [1.82, 2.24) is 14.9 Å². The highest BCUT2D eigenvalue weighted by atomic mass is 32.2. The second kappa shape index (κ2) is 6.02. The molecule has 6 nitrogen and oxygen atoms in total. The van der Waals surface area contributed by atoms with E-state index < -0.39 is 22.2 Å². The van der Waals surface area contributed by atoms with Gasteiger partial charge in [0.25, 0.3) is 0 Å². The van der Waals surface area contributed by atoms with Crippen LogP contribution < -0.4 is 4.72 Å². The molecule has 0 aliphatic rings. The highest BCUT2D eigenvalue weighted by Crippen LogP contribution is 2.25. The number of sulfonamides is 1. The third kappa shape index (κ3) is 3.16. The summed E-state index contributed by atoms with van der Waals surface area (Å²) < 4.78 is 27.8. The Morgan fingerprint density at radius 1 is 1.26 bits per heavy atom. The molecule has 110 valence electrons. The lowest BCUT2D eigenvalue weighted by molar-refractivity contribution is 0.273. The minimum Gasteiger partial charge on any atom is -0.390 e. The van der Waals surface area contributed by atoms with Crippen molar-refractivity contribution in [2.75, 3.05) is 0 Å². The van der Waals surface area contributed by atoms with Gasteiger partial charge in [-0.25, -0.2) is 13.1 Å². The van der Waals surface area contributed by atoms with Gasteiger partial charge in [0.1, 0.15) is 10.6 Å². The summed E-state index contributed by atoms with van der Waals surface area (Å²) in [5, 5.41) is 15.6. The number of aromatic nitrogens is 2. The number of nitrogens with one attached hydrogen (secondary N) is 2. The van der Waals surface area contributed by atoms with E-state index in [0.29, 0.717) is 25.0 Å². The summed E-state index contributed by atoms with van der Waals surface area (Å²) in [5.41, 5.74) is 0.144. The van der Waals surface area contributed by atoms with E-state index in [4.69, 9.17) is 0 Å². The highest BCUT2D eigenvalue weighted by Gasteiger charge is 2.33. The Bertz CT molecular complexity index is 510. The summed E-state index contributed by atoms with van der Waals surface area (Å²) in [6.45, 7) is 7.12. The molecule has 0 radical (unpaired) electrons. The number of aliphatic hydroxyl groups excluding tert-OH is 1. The molecule has 19 heavy (non-hydrogen) atoms. The van der Waals surface area contributed by atoms with Crippen molar-refractivity contribution in [3.8, 4) is 0 Å². The van der Waals surface area contributed by atoms with Crippen LogP contribution in [0.4, 0.5) is 0 Å². The Morgan fingerprint density at radius 2 is 1.79 bits per heavy atom. The molecule has 1 aromatic rings. The second-order valence-electron chi connectivity index (χ2n) is 4.73. The molecule has 1 aromatic heterocycles. The van der Waals surface area contributed by atoms with Gasteiger partial charge in [-0.3, -0.25) is 5.10 Å². The number of aliphatic hydroxyl groups is 1. The first-order chi connectivity index (χ1) is 8.85. The molecule has 0 saturated carbocycles. The maximum absolute atomic E-state index is 12.5. The largest absolute Gasteiger partial charge is 0.390 e. The monoisotopic (exact) mass is 289 g/mol. The Balaban J connectivity index is 3.21. The average Bonchev–Trinajstić information content (AvgIpc) is 2.78. The molecule has 0 aliphatic carbocycles. The highest BCUT2D eigenvalue weighted by molar-refractivity contribution is 7.89. The Morgan fingerprint density at radius 3 is 2.21 bits per heavy atom. The zero-order valence-electron chi connectivity index (χ0n) is 11.9. The van der Waals surface area contributed by atoms with Crippen LogP contribution >= 0.6 is 0 Å². The first-order valence-electron chi connectivity index (χ1n) is 6.54. The van der Waals surface area contributed by atoms with Crippen LogP contribution in [0.15, 0.2) is 4.90 Å². The fourth-order valence-electron chi connectivity index (χ4n) is 2.24. The van der Waals surface area contributed by atoms with Crippen LogP contribution in [0.5, 0.6) is 0 Å². The summed E-state index contributed by atoms with van der Waals surface area (Å²) in [6.07, 6.45) is 2.14. The fraction of sp³-hybridized carbons (Fsp3) is 0.750. The number of nitrogens with zero attached hydrogens (tertiary/aromatic N) is 1. The lowest BCUT2D eigenvalue weighted by Gasteiger charge is -2.31. The van der Waals surface area contributed by atoms with Crippen LogP contribution in [0.1, 0.15) is 51.4 Å². The Kier molecular flexibility index (Phi) is 5.11. The van der Waals surface area contributed by atoms with Gasteiger partial charge in [-0.2, -0.15) is 5.10 Å². The van der Waals surface area contributed by atoms with Gasteiger partial charge in [0.05, 0.1) is 12.3 Å². The van der Waals surface area contributed by atoms with Crippen LogP contribution in [-0.2, 0) is 16.6 Å². The van der Waals surface area contributed by atoms with Crippen LogP contribution in [0.25, 0.3) is 0 Å². The SMILES string of the molecule is CCC(CC)(CC)NS(=O)(=O)c1c(CO)n[nH]c1C. The Labute approximate surface area is 114 Å². The molecule has 0 aliphatic heterocycles. The van der Waals surface area contributed by atoms with Crippen LogP contribution in [0.2, 0.25) is 0 Å². The van der Waals surface area contributed by atoms with E-state index in [-0.39, 0.29) is 10.6 Å². The van der Waals surface area contributed by atoms with Crippen molar-refractivity contribution < 1.29 is 13.5 Å². The van der Waals surface area contributed by atoms with Crippen LogP contribution in [0, 0.1) is 6.92 Å². The van der Waals surface area contributed by atoms with Gasteiger partial charge in [0.2, 0.25) is 10.0 Å². The lowest BCUT2D eigenvalue weighted by Crippen LogP contribution is -2.47. The number of hydrogen-bond acceptors (Lipinski definition) is 4. The quantitative estimate of drug-likeness (QED) is 0.708. The summed E-state index contributed by atoms with van der Waals surface area (Å²) >= 11 is 0. The minimum atomic E-state index is -3.69. The molecule has 0 bridgehead atoms. The predicted octanol–water partition coefficient (Wildman–Crippen LogP) is 1.46. The van der Waals surface area contributed by atoms with Crippen LogP contribution in [0.3, 0.4) is 0 Å². The molecular formula is C12H23N3O3S. The number of hydrogen-bond donors (Lipinski definition) is 3. The molecule has 0 unspecified atom stereocenters. The van der Waals surface area contributed by atoms with E-state index >= 15 is 0 Å². The van der Waals surface area contributed by atoms with Gasteiger partial charge in [0.15, 0.2) is 0 Å². The van der Waals surface area contributed by atoms with Crippen molar-refractivity contribution in [2.45, 2.75) is 64.0 Å². The molecule has 0 amide bonds. The number of aryl methyl sites for hydroxylation is 1. The van der Waals surface area contributed by atoms with Gasteiger partial charge in [-0.05, 0) is 26.2 Å². The summed E-state index contributed by atoms with van der Waals surface area (Å²) in [5.74, 6) is 0. The molecule has 1 rings (SSSR count). The molecule has 0 atom stereocenters. The normalized spacial score (nSPS) is 12.9. The third-order valence-corrected chi connectivity index (χ3v) is 5.54. The van der Waals surface area contributed by atoms with Gasteiger partial charge in [0, 0.05) is 5.54 Å². The van der Waals surface area contributed by atoms with E-state index in [1.807, 2.05) is 20.8 Å². The third-order valence-electron chi connectivity index (χ3n) is 3.76. The summed E-state index contributed by atoms with van der Waals surface area (Å²) in [7, 11) is -3.69. The average molecular weight is 289 g/mol. The summed E-state index contributed by atoms with van der Waals surface area (Å²) in [6, 6.07) is 0. The molecule has 0 aromatic carbocycles. The van der Waals surface area contributed by atoms with Gasteiger partial charge in [-0.1, -0.05) is 20.8 Å². The predicted molar refractivity (Wildman–Crippen MR) is 73.2 cm³/mol. The topological polar surface area (TPSA) is 95.1 Å². The number of aromatic amines is 1. The van der Waals surface area contributed by atoms with Gasteiger partial charge in [-0.15, -0.1) is 0 Å². The van der Waals surface area contributed by atoms with E-state index in [9.17, 15) is 13.5 Å². The number of rotatable bonds is 7. The van der Waals surface area contributed by atoms with E-state index in [0.717, 1.165) is 0 Å². The molecule has 3 N–H and O–H groups in total. The maximum Gasteiger partial charge on any atom is 0.244 e. The van der Waals surface area contributed by atoms with Gasteiger partial charge < -0.3 is 5.11 Å². The van der Waals surface area contributed by atoms with Crippen LogP contribution in [-0.4, -0.2) is 29.3 Å². The molecule has 0 saturated heterocycles. The van der Waals surface area contributed by atoms with Crippen molar-refractivity contribution in [3.63, 3.8) is 0 Å². The standard InChI is InChI=1S/C12H23N3O3S/c1-5-12(6-2,7-3)15-19(17,18)11-9(4)13-14-10(11)8-16/h15-16H,5-8H2,1-4H3,(H,13,14). The second-order valence-corrected chi connectivity index (χ2v) is 6.35. The van der Waals surface area contributed by atoms with E-state index in [1.165, 1.54) is 0 Å². The van der Waals surface area contributed by atoms with E-state index in [1.54, 1.807) is 6.92 Å². The van der Waals surface area contributed by atoms with Crippen molar-refractivity contribution in [2.24, 2.45) is 0 Å². The molecule has 0 spiro atoms. The van der Waals surface area contributed by atoms with Crippen molar-refractivity contribution in [1.29, 1.82) is 0 Å². The minimum absolute atomic E-state index is 0.0646. The fourth-order valence-corrected chi connectivity index (χ4v) is 4.21. The molecule has 1 heterocycles. The zero-order chi connectivity index (χ0) is 14.7. The zero-order valence-corrected chi connectivity index (χ0v) is 12.8. The van der Waals surface area contributed by atoms with Crippen molar-refractivity contribution in [3.05, 3.63) is 11.4 Å². The van der Waals surface area contributed by atoms with Gasteiger partial charge >= 0.3 is 0 Å². The Hall–Kier alpha value is -0.920. The molecular weight excluding hydrogens is 266 g/mol. The lowest BCUT2D eigenvalue weighted by atomic mass is 9.91. The molecule has 7 heteroatoms. The first-order valence-corrected chi connectivity index (χ1v) is 8.02. The maximum atomic E-state index is 12.5. The van der Waals surface area contributed by atoms with Crippen molar-refractivity contribution >= 4 is 10.0 Å². The smallest absolute Gasteiger partial charge is 0.244 e. The van der Waals surface area contributed by atoms with E-state index in [2.05, 4.69) is 14.9 Å². The first kappa shape index (κ1) is 16.1.